The molecule has 0 saturated carbocycles. The van der Waals surface area contributed by atoms with E-state index in [1.807, 2.05) is 18.2 Å². The van der Waals surface area contributed by atoms with Gasteiger partial charge in [0, 0.05) is 28.4 Å². The Balaban J connectivity index is 1.96. The maximum Gasteiger partial charge on any atom is 0.210 e. The van der Waals surface area contributed by atoms with Gasteiger partial charge >= 0.3 is 0 Å². The fourth-order valence-corrected chi connectivity index (χ4v) is 4.61. The van der Waals surface area contributed by atoms with Crippen LogP contribution in [0.25, 0.3) is 10.9 Å². The van der Waals surface area contributed by atoms with Crippen molar-refractivity contribution >= 4 is 43.7 Å². The predicted octanol–water partition coefficient (Wildman–Crippen LogP) is 5.47. The summed E-state index contributed by atoms with van der Waals surface area (Å²) in [5.41, 5.74) is 1.72. The van der Waals surface area contributed by atoms with Crippen LogP contribution >= 0.6 is 11.6 Å². The summed E-state index contributed by atoms with van der Waals surface area (Å²) in [6.45, 7) is 0. The molecule has 0 atom stereocenters. The molecule has 0 fully saturated rings. The highest BCUT2D eigenvalue weighted by molar-refractivity contribution is 7.91. The van der Waals surface area contributed by atoms with Crippen molar-refractivity contribution in [2.24, 2.45) is 0 Å². The Morgan fingerprint density at radius 1 is 0.966 bits per heavy atom. The molecule has 7 heteroatoms. The van der Waals surface area contributed by atoms with Gasteiger partial charge in [-0.2, -0.15) is 0 Å². The molecule has 0 aliphatic heterocycles. The Morgan fingerprint density at radius 2 is 1.76 bits per heavy atom. The van der Waals surface area contributed by atoms with Gasteiger partial charge in [-0.25, -0.2) is 8.42 Å². The van der Waals surface area contributed by atoms with Gasteiger partial charge in [-0.1, -0.05) is 35.9 Å². The quantitative estimate of drug-likeness (QED) is 0.460. The lowest BCUT2D eigenvalue weighted by Gasteiger charge is -2.16. The van der Waals surface area contributed by atoms with Crippen molar-refractivity contribution < 1.29 is 13.2 Å². The summed E-state index contributed by atoms with van der Waals surface area (Å²) in [6.07, 6.45) is 1.38. The second-order valence-corrected chi connectivity index (χ2v) is 8.69. The Hall–Kier alpha value is -3.09. The number of fused-ring (bicyclic) bond motifs is 1. The van der Waals surface area contributed by atoms with Crippen molar-refractivity contribution in [1.82, 2.24) is 4.98 Å². The summed E-state index contributed by atoms with van der Waals surface area (Å²) in [7, 11) is -2.23. The summed E-state index contributed by atoms with van der Waals surface area (Å²) in [6, 6.07) is 20.7. The van der Waals surface area contributed by atoms with Gasteiger partial charge in [0.05, 0.1) is 23.2 Å². The number of hydrogen-bond acceptors (Lipinski definition) is 5. The van der Waals surface area contributed by atoms with Crippen molar-refractivity contribution in [2.45, 2.75) is 9.79 Å². The van der Waals surface area contributed by atoms with Gasteiger partial charge in [-0.3, -0.25) is 4.98 Å². The number of nitrogens with one attached hydrogen (secondary N) is 1. The molecule has 0 spiro atoms. The normalized spacial score (nSPS) is 11.4. The van der Waals surface area contributed by atoms with Gasteiger partial charge in [-0.15, -0.1) is 0 Å². The summed E-state index contributed by atoms with van der Waals surface area (Å²) >= 11 is 6.20. The third kappa shape index (κ3) is 3.77. The molecule has 1 heterocycles. The number of nitrogens with zero attached hydrogens (tertiary/aromatic N) is 1. The number of anilines is 2. The topological polar surface area (TPSA) is 68.3 Å². The zero-order valence-electron chi connectivity index (χ0n) is 15.5. The molecule has 0 bridgehead atoms. The molecule has 0 amide bonds. The molecule has 0 aliphatic rings. The SMILES string of the molecule is COc1cccc(Nc2c(S(=O)(=O)c3ccccc3)cnc3ccc(Cl)cc23)c1. The van der Waals surface area contributed by atoms with E-state index in [1.54, 1.807) is 61.7 Å². The maximum absolute atomic E-state index is 13.4. The highest BCUT2D eigenvalue weighted by atomic mass is 35.5. The van der Waals surface area contributed by atoms with E-state index in [-0.39, 0.29) is 9.79 Å². The van der Waals surface area contributed by atoms with Crippen molar-refractivity contribution in [2.75, 3.05) is 12.4 Å². The van der Waals surface area contributed by atoms with Gasteiger partial charge in [0.2, 0.25) is 9.84 Å². The smallest absolute Gasteiger partial charge is 0.210 e. The van der Waals surface area contributed by atoms with E-state index in [4.69, 9.17) is 16.3 Å². The molecular formula is C22H17ClN2O3S. The zero-order valence-corrected chi connectivity index (χ0v) is 17.0. The minimum atomic E-state index is -3.81. The lowest BCUT2D eigenvalue weighted by Crippen LogP contribution is -2.07. The van der Waals surface area contributed by atoms with Crippen molar-refractivity contribution in [3.8, 4) is 5.75 Å². The molecule has 146 valence electrons. The highest BCUT2D eigenvalue weighted by Crippen LogP contribution is 2.36. The molecule has 5 nitrogen and oxygen atoms in total. The third-order valence-corrected chi connectivity index (χ3v) is 6.49. The molecular weight excluding hydrogens is 408 g/mol. The first-order valence-electron chi connectivity index (χ1n) is 8.78. The molecule has 0 radical (unpaired) electrons. The highest BCUT2D eigenvalue weighted by Gasteiger charge is 2.24. The lowest BCUT2D eigenvalue weighted by atomic mass is 10.1. The van der Waals surface area contributed by atoms with E-state index in [0.717, 1.165) is 0 Å². The monoisotopic (exact) mass is 424 g/mol. The van der Waals surface area contributed by atoms with Gasteiger partial charge in [0.25, 0.3) is 0 Å². The van der Waals surface area contributed by atoms with Crippen molar-refractivity contribution in [3.05, 3.63) is 84.0 Å². The number of pyridine rings is 1. The first-order valence-corrected chi connectivity index (χ1v) is 10.6. The van der Waals surface area contributed by atoms with E-state index in [2.05, 4.69) is 10.3 Å². The van der Waals surface area contributed by atoms with Gasteiger partial charge in [0.15, 0.2) is 0 Å². The standard InChI is InChI=1S/C22H17ClN2O3S/c1-28-17-7-5-6-16(13-17)25-22-19-12-15(23)10-11-20(19)24-14-21(22)29(26,27)18-8-3-2-4-9-18/h2-14H,1H3,(H,24,25). The van der Waals surface area contributed by atoms with Crippen LogP contribution in [0.1, 0.15) is 0 Å². The molecule has 4 aromatic rings. The Labute approximate surface area is 173 Å². The predicted molar refractivity (Wildman–Crippen MR) is 115 cm³/mol. The third-order valence-electron chi connectivity index (χ3n) is 4.48. The number of ether oxygens (including phenoxy) is 1. The summed E-state index contributed by atoms with van der Waals surface area (Å²) in [5, 5.41) is 4.33. The Morgan fingerprint density at radius 3 is 2.52 bits per heavy atom. The first-order chi connectivity index (χ1) is 14.0. The van der Waals surface area contributed by atoms with Crippen LogP contribution in [0.5, 0.6) is 5.75 Å². The van der Waals surface area contributed by atoms with E-state index in [9.17, 15) is 8.42 Å². The van der Waals surface area contributed by atoms with Crippen LogP contribution in [0.15, 0.2) is 88.8 Å². The molecule has 1 aromatic heterocycles. The molecule has 0 unspecified atom stereocenters. The van der Waals surface area contributed by atoms with E-state index >= 15 is 0 Å². The average molecular weight is 425 g/mol. The number of benzene rings is 3. The van der Waals surface area contributed by atoms with E-state index < -0.39 is 9.84 Å². The summed E-state index contributed by atoms with van der Waals surface area (Å²) in [5.74, 6) is 0.652. The fraction of sp³-hybridized carbons (Fsp3) is 0.0455. The molecule has 1 N–H and O–H groups in total. The minimum Gasteiger partial charge on any atom is -0.497 e. The van der Waals surface area contributed by atoms with Gasteiger partial charge in [0.1, 0.15) is 10.6 Å². The van der Waals surface area contributed by atoms with Crippen LogP contribution in [0.2, 0.25) is 5.02 Å². The summed E-state index contributed by atoms with van der Waals surface area (Å²) in [4.78, 5) is 4.61. The molecule has 3 aromatic carbocycles. The Bertz CT molecular complexity index is 1290. The van der Waals surface area contributed by atoms with Crippen LogP contribution in [0.3, 0.4) is 0 Å². The number of hydrogen-bond donors (Lipinski definition) is 1. The van der Waals surface area contributed by atoms with Crippen molar-refractivity contribution in [3.63, 3.8) is 0 Å². The second-order valence-electron chi connectivity index (χ2n) is 6.33. The van der Waals surface area contributed by atoms with E-state index in [1.165, 1.54) is 6.20 Å². The molecule has 29 heavy (non-hydrogen) atoms. The Kier molecular flexibility index (Phi) is 5.13. The van der Waals surface area contributed by atoms with Crippen LogP contribution in [-0.2, 0) is 9.84 Å². The number of aromatic nitrogens is 1. The van der Waals surface area contributed by atoms with Gasteiger partial charge < -0.3 is 10.1 Å². The van der Waals surface area contributed by atoms with Crippen LogP contribution in [-0.4, -0.2) is 20.5 Å². The first kappa shape index (κ1) is 19.2. The second kappa shape index (κ2) is 7.73. The number of halogens is 1. The van der Waals surface area contributed by atoms with Crippen molar-refractivity contribution in [1.29, 1.82) is 0 Å². The molecule has 0 saturated heterocycles. The van der Waals surface area contributed by atoms with Crippen LogP contribution < -0.4 is 10.1 Å². The largest absolute Gasteiger partial charge is 0.497 e. The summed E-state index contributed by atoms with van der Waals surface area (Å²) < 4.78 is 32.0. The number of methoxy groups -OCH3 is 1. The lowest BCUT2D eigenvalue weighted by molar-refractivity contribution is 0.415. The number of sulfone groups is 1. The van der Waals surface area contributed by atoms with E-state index in [0.29, 0.717) is 33.0 Å². The van der Waals surface area contributed by atoms with Gasteiger partial charge in [-0.05, 0) is 42.5 Å². The van der Waals surface area contributed by atoms with Crippen LogP contribution in [0.4, 0.5) is 11.4 Å². The molecule has 0 aliphatic carbocycles. The zero-order chi connectivity index (χ0) is 20.4. The minimum absolute atomic E-state index is 0.0706. The van der Waals surface area contributed by atoms with Crippen LogP contribution in [0, 0.1) is 0 Å². The fourth-order valence-electron chi connectivity index (χ4n) is 3.05. The maximum atomic E-state index is 13.4. The number of rotatable bonds is 5. The molecule has 4 rings (SSSR count). The average Bonchev–Trinajstić information content (AvgIpc) is 2.74.